The van der Waals surface area contributed by atoms with Crippen LogP contribution >= 0.6 is 45.3 Å². The molecule has 0 spiro atoms. The van der Waals surface area contributed by atoms with Crippen LogP contribution in [0.5, 0.6) is 0 Å². The number of hydrogen-bond donors (Lipinski definition) is 0. The molecule has 0 radical (unpaired) electrons. The van der Waals surface area contributed by atoms with Crippen molar-refractivity contribution >= 4 is 51.1 Å². The van der Waals surface area contributed by atoms with E-state index in [0.717, 1.165) is 22.3 Å². The molecule has 4 aromatic heterocycles. The van der Waals surface area contributed by atoms with E-state index in [0.29, 0.717) is 0 Å². The molecule has 362 valence electrons. The Morgan fingerprint density at radius 1 is 0.353 bits per heavy atom. The zero-order valence-corrected chi connectivity index (χ0v) is 45.5. The summed E-state index contributed by atoms with van der Waals surface area (Å²) in [6, 6.07) is 23.7. The third-order valence-corrected chi connectivity index (χ3v) is 21.0. The lowest BCUT2D eigenvalue weighted by atomic mass is 9.71. The Morgan fingerprint density at radius 3 is 1.04 bits per heavy atom. The molecule has 0 N–H and O–H groups in total. The van der Waals surface area contributed by atoms with Gasteiger partial charge < -0.3 is 0 Å². The van der Waals surface area contributed by atoms with E-state index in [1.54, 1.807) is 22.3 Å². The fourth-order valence-electron chi connectivity index (χ4n) is 12.7. The predicted molar refractivity (Wildman–Crippen MR) is 302 cm³/mol. The van der Waals surface area contributed by atoms with Crippen molar-refractivity contribution in [3.63, 3.8) is 0 Å². The van der Waals surface area contributed by atoms with E-state index in [-0.39, 0.29) is 16.6 Å². The summed E-state index contributed by atoms with van der Waals surface area (Å²) in [4.78, 5) is 23.3. The predicted octanol–water partition coefficient (Wildman–Crippen LogP) is 22.0. The van der Waals surface area contributed by atoms with Crippen molar-refractivity contribution in [1.82, 2.24) is 0 Å². The van der Waals surface area contributed by atoms with Gasteiger partial charge >= 0.3 is 0 Å². The molecule has 0 fully saturated rings. The summed E-state index contributed by atoms with van der Waals surface area (Å²) in [6.07, 6.45) is 37.1. The van der Waals surface area contributed by atoms with Crippen LogP contribution in [0.2, 0.25) is 0 Å². The molecule has 0 saturated carbocycles. The molecule has 3 aliphatic carbocycles. The summed E-state index contributed by atoms with van der Waals surface area (Å²) in [6.45, 7) is 9.28. The Bertz CT molecular complexity index is 2380. The summed E-state index contributed by atoms with van der Waals surface area (Å²) in [7, 11) is 0. The molecule has 0 bridgehead atoms. The lowest BCUT2D eigenvalue weighted by Crippen LogP contribution is -2.24. The number of hydrogen-bond acceptors (Lipinski definition) is 5. The van der Waals surface area contributed by atoms with Crippen molar-refractivity contribution in [2.75, 3.05) is 0 Å². The van der Waals surface area contributed by atoms with Crippen LogP contribution < -0.4 is 0 Å². The van der Waals surface area contributed by atoms with E-state index >= 15 is 0 Å². The van der Waals surface area contributed by atoms with Crippen LogP contribution in [0.3, 0.4) is 0 Å². The van der Waals surface area contributed by atoms with E-state index in [1.807, 2.05) is 45.3 Å². The lowest BCUT2D eigenvalue weighted by Gasteiger charge is -2.31. The standard InChI is InChI=1S/C63H80OS4/c1-5-9-13-17-21-25-35-62(36-26-22-18-14-10-6-2)51-33-39-65-58(51)60-53(62)43-55(67-60)45-29-31-47-48-32-30-46(42-50(48)57(64)49(47)41-45)56-44-54-61(68-56)59-52(34-40-66-59)63(54,37-27-23-19-15-11-7-3)38-28-24-20-16-12-8-4/h29-34,39-44H,5-28,35-38H2,1-4H3. The number of ketones is 1. The summed E-state index contributed by atoms with van der Waals surface area (Å²) in [5.74, 6) is 0.189. The Balaban J connectivity index is 0.971. The Morgan fingerprint density at radius 2 is 0.691 bits per heavy atom. The van der Waals surface area contributed by atoms with E-state index in [9.17, 15) is 4.79 Å². The van der Waals surface area contributed by atoms with Crippen LogP contribution in [0.15, 0.2) is 71.4 Å². The van der Waals surface area contributed by atoms with Gasteiger partial charge in [0.2, 0.25) is 0 Å². The van der Waals surface area contributed by atoms with Crippen molar-refractivity contribution in [2.45, 2.75) is 218 Å². The van der Waals surface area contributed by atoms with E-state index in [1.165, 1.54) is 220 Å². The van der Waals surface area contributed by atoms with Crippen LogP contribution in [0, 0.1) is 0 Å². The molecule has 3 aliphatic rings. The van der Waals surface area contributed by atoms with Gasteiger partial charge in [-0.25, -0.2) is 0 Å². The number of benzene rings is 2. The average molecular weight is 982 g/mol. The molecular formula is C63H80OS4. The molecule has 1 nitrogen and oxygen atoms in total. The Hall–Kier alpha value is -3.09. The highest BCUT2D eigenvalue weighted by atomic mass is 32.1. The minimum atomic E-state index is 0.114. The second-order valence-electron chi connectivity index (χ2n) is 21.1. The fourth-order valence-corrected chi connectivity index (χ4v) is 17.5. The third-order valence-electron chi connectivity index (χ3n) is 16.5. The quantitative estimate of drug-likeness (QED) is 0.0411. The second-order valence-corrected chi connectivity index (χ2v) is 25.1. The molecular weight excluding hydrogens is 901 g/mol. The third kappa shape index (κ3) is 10.0. The lowest BCUT2D eigenvalue weighted by molar-refractivity contribution is 0.104. The minimum Gasteiger partial charge on any atom is -0.289 e. The largest absolute Gasteiger partial charge is 0.289 e. The number of rotatable bonds is 30. The molecule has 0 unspecified atom stereocenters. The van der Waals surface area contributed by atoms with Crippen LogP contribution in [-0.2, 0) is 10.8 Å². The van der Waals surface area contributed by atoms with Gasteiger partial charge in [0.05, 0.1) is 0 Å². The molecule has 0 amide bonds. The molecule has 0 atom stereocenters. The first-order chi connectivity index (χ1) is 33.5. The maximum atomic E-state index is 14.7. The van der Waals surface area contributed by atoms with Gasteiger partial charge in [0.15, 0.2) is 5.78 Å². The van der Waals surface area contributed by atoms with Crippen molar-refractivity contribution < 1.29 is 4.79 Å². The Labute approximate surface area is 427 Å². The van der Waals surface area contributed by atoms with Crippen LogP contribution in [0.1, 0.15) is 246 Å². The van der Waals surface area contributed by atoms with Gasteiger partial charge in [-0.15, -0.1) is 45.3 Å². The highest BCUT2D eigenvalue weighted by Gasteiger charge is 2.46. The number of fused-ring (bicyclic) bond motifs is 9. The molecule has 5 heteroatoms. The molecule has 4 heterocycles. The normalized spacial score (nSPS) is 14.6. The van der Waals surface area contributed by atoms with E-state index < -0.39 is 0 Å². The van der Waals surface area contributed by atoms with E-state index in [4.69, 9.17) is 0 Å². The van der Waals surface area contributed by atoms with Crippen molar-refractivity contribution in [3.8, 4) is 51.5 Å². The zero-order chi connectivity index (χ0) is 46.9. The number of thiophene rings is 4. The first-order valence-corrected chi connectivity index (χ1v) is 31.2. The first-order valence-electron chi connectivity index (χ1n) is 27.8. The van der Waals surface area contributed by atoms with Gasteiger partial charge in [0, 0.05) is 51.2 Å². The highest BCUT2D eigenvalue weighted by Crippen LogP contribution is 2.62. The fraction of sp³-hybridized carbons (Fsp3) is 0.540. The zero-order valence-electron chi connectivity index (χ0n) is 42.3. The summed E-state index contributed by atoms with van der Waals surface area (Å²) in [5, 5.41) is 4.72. The van der Waals surface area contributed by atoms with Crippen LogP contribution in [0.25, 0.3) is 51.5 Å². The molecule has 0 saturated heterocycles. The van der Waals surface area contributed by atoms with Gasteiger partial charge in [-0.2, -0.15) is 0 Å². The summed E-state index contributed by atoms with van der Waals surface area (Å²) in [5.41, 5.74) is 13.0. The molecule has 68 heavy (non-hydrogen) atoms. The van der Waals surface area contributed by atoms with E-state index in [2.05, 4.69) is 99.1 Å². The highest BCUT2D eigenvalue weighted by molar-refractivity contribution is 7.24. The maximum absolute atomic E-state index is 14.7. The van der Waals surface area contributed by atoms with Gasteiger partial charge in [-0.3, -0.25) is 4.79 Å². The molecule has 9 rings (SSSR count). The minimum absolute atomic E-state index is 0.114. The summed E-state index contributed by atoms with van der Waals surface area (Å²) >= 11 is 7.87. The monoisotopic (exact) mass is 981 g/mol. The van der Waals surface area contributed by atoms with Crippen molar-refractivity contribution in [1.29, 1.82) is 0 Å². The van der Waals surface area contributed by atoms with Gasteiger partial charge in [0.25, 0.3) is 0 Å². The SMILES string of the molecule is CCCCCCCCC1(CCCCCCCC)c2ccsc2-c2sc(-c3ccc4c(c3)C(=O)c3cc(-c5cc6c(s5)-c5sccc5C6(CCCCCCCC)CCCCCCCC)ccc3-4)cc21. The van der Waals surface area contributed by atoms with Crippen molar-refractivity contribution in [2.24, 2.45) is 0 Å². The van der Waals surface area contributed by atoms with Crippen LogP contribution in [-0.4, -0.2) is 5.78 Å². The van der Waals surface area contributed by atoms with Crippen LogP contribution in [0.4, 0.5) is 0 Å². The Kier molecular flexibility index (Phi) is 17.2. The maximum Gasteiger partial charge on any atom is 0.194 e. The number of carbonyl (C=O) groups is 1. The molecule has 6 aromatic rings. The molecule has 0 aliphatic heterocycles. The van der Waals surface area contributed by atoms with Gasteiger partial charge in [-0.05, 0) is 117 Å². The smallest absolute Gasteiger partial charge is 0.194 e. The number of carbonyl (C=O) groups excluding carboxylic acids is 1. The number of unbranched alkanes of at least 4 members (excludes halogenated alkanes) is 20. The topological polar surface area (TPSA) is 17.1 Å². The van der Waals surface area contributed by atoms with Gasteiger partial charge in [-0.1, -0.05) is 206 Å². The van der Waals surface area contributed by atoms with Crippen molar-refractivity contribution in [3.05, 3.63) is 105 Å². The second kappa shape index (κ2) is 23.4. The summed E-state index contributed by atoms with van der Waals surface area (Å²) < 4.78 is 0. The first kappa shape index (κ1) is 49.9. The molecule has 2 aromatic carbocycles. The average Bonchev–Trinajstić information content (AvgIpc) is 4.24. The van der Waals surface area contributed by atoms with Gasteiger partial charge in [0.1, 0.15) is 0 Å².